The lowest BCUT2D eigenvalue weighted by Crippen LogP contribution is -2.60. The molecule has 19 heavy (non-hydrogen) atoms. The second kappa shape index (κ2) is 5.41. The molecule has 3 rings (SSSR count). The lowest BCUT2D eigenvalue weighted by Gasteiger charge is -2.46. The molecule has 4 nitrogen and oxygen atoms in total. The Morgan fingerprint density at radius 2 is 2.05 bits per heavy atom. The molecule has 0 aliphatic carbocycles. The van der Waals surface area contributed by atoms with Gasteiger partial charge in [0.1, 0.15) is 5.60 Å². The van der Waals surface area contributed by atoms with Crippen molar-refractivity contribution in [2.45, 2.75) is 57.1 Å². The van der Waals surface area contributed by atoms with Crippen LogP contribution in [0.15, 0.2) is 0 Å². The third-order valence-electron chi connectivity index (χ3n) is 5.05. The van der Waals surface area contributed by atoms with Crippen LogP contribution < -0.4 is 0 Å². The van der Waals surface area contributed by atoms with Gasteiger partial charge in [0.25, 0.3) is 5.91 Å². The highest BCUT2D eigenvalue weighted by molar-refractivity contribution is 5.85. The average Bonchev–Trinajstić information content (AvgIpc) is 2.47. The Morgan fingerprint density at radius 3 is 2.84 bits per heavy atom. The predicted molar refractivity (Wildman–Crippen MR) is 74.0 cm³/mol. The molecule has 108 valence electrons. The lowest BCUT2D eigenvalue weighted by molar-refractivity contribution is -0.165. The number of hydrogen-bond donors (Lipinski definition) is 0. The highest BCUT2D eigenvalue weighted by atomic mass is 16.5. The summed E-state index contributed by atoms with van der Waals surface area (Å²) in [6.45, 7) is 6.80. The van der Waals surface area contributed by atoms with Crippen LogP contribution in [-0.4, -0.2) is 60.1 Å². The molecule has 0 aromatic rings. The summed E-state index contributed by atoms with van der Waals surface area (Å²) < 4.78 is 5.81. The van der Waals surface area contributed by atoms with E-state index in [0.29, 0.717) is 6.04 Å². The average molecular weight is 266 g/mol. The molecule has 1 amide bonds. The molecule has 0 radical (unpaired) electrons. The zero-order valence-corrected chi connectivity index (χ0v) is 12.1. The van der Waals surface area contributed by atoms with E-state index in [9.17, 15) is 4.79 Å². The van der Waals surface area contributed by atoms with Crippen LogP contribution in [0.4, 0.5) is 0 Å². The molecule has 4 heteroatoms. The maximum atomic E-state index is 12.7. The van der Waals surface area contributed by atoms with Crippen LogP contribution in [-0.2, 0) is 9.53 Å². The molecule has 2 unspecified atom stereocenters. The first kappa shape index (κ1) is 13.4. The van der Waals surface area contributed by atoms with Gasteiger partial charge in [-0.25, -0.2) is 0 Å². The van der Waals surface area contributed by atoms with E-state index >= 15 is 0 Å². The normalized spacial score (nSPS) is 36.9. The lowest BCUT2D eigenvalue weighted by atomic mass is 9.92. The van der Waals surface area contributed by atoms with Gasteiger partial charge >= 0.3 is 0 Å². The molecule has 3 heterocycles. The number of piperazine rings is 1. The molecule has 0 bridgehead atoms. The maximum Gasteiger partial charge on any atom is 0.254 e. The van der Waals surface area contributed by atoms with Crippen molar-refractivity contribution in [2.75, 3.05) is 32.8 Å². The van der Waals surface area contributed by atoms with Crippen LogP contribution in [0.2, 0.25) is 0 Å². The summed E-state index contributed by atoms with van der Waals surface area (Å²) in [6, 6.07) is 0.596. The van der Waals surface area contributed by atoms with E-state index in [2.05, 4.69) is 9.80 Å². The number of hydrogen-bond acceptors (Lipinski definition) is 3. The summed E-state index contributed by atoms with van der Waals surface area (Å²) in [6.07, 6.45) is 6.99. The SMILES string of the molecule is CC1(C(=O)N2CCN3CCCCC3C2)CCCCO1. The van der Waals surface area contributed by atoms with Crippen LogP contribution in [0.25, 0.3) is 0 Å². The number of carbonyl (C=O) groups excluding carboxylic acids is 1. The molecule has 0 N–H and O–H groups in total. The smallest absolute Gasteiger partial charge is 0.254 e. The number of rotatable bonds is 1. The van der Waals surface area contributed by atoms with Crippen molar-refractivity contribution in [3.63, 3.8) is 0 Å². The number of fused-ring (bicyclic) bond motifs is 1. The Hall–Kier alpha value is -0.610. The quantitative estimate of drug-likeness (QED) is 0.723. The van der Waals surface area contributed by atoms with Gasteiger partial charge in [0.15, 0.2) is 0 Å². The third kappa shape index (κ3) is 2.65. The fourth-order valence-electron chi connectivity index (χ4n) is 3.78. The van der Waals surface area contributed by atoms with Gasteiger partial charge in [-0.05, 0) is 45.6 Å². The van der Waals surface area contributed by atoms with Crippen LogP contribution in [0.5, 0.6) is 0 Å². The van der Waals surface area contributed by atoms with Crippen molar-refractivity contribution in [2.24, 2.45) is 0 Å². The van der Waals surface area contributed by atoms with Crippen molar-refractivity contribution < 1.29 is 9.53 Å². The molecule has 3 aliphatic rings. The van der Waals surface area contributed by atoms with E-state index in [0.717, 1.165) is 45.5 Å². The largest absolute Gasteiger partial charge is 0.365 e. The molecular weight excluding hydrogens is 240 g/mol. The van der Waals surface area contributed by atoms with Gasteiger partial charge in [-0.2, -0.15) is 0 Å². The van der Waals surface area contributed by atoms with Gasteiger partial charge in [0.05, 0.1) is 0 Å². The molecule has 3 aliphatic heterocycles. The van der Waals surface area contributed by atoms with Gasteiger partial charge < -0.3 is 9.64 Å². The second-order valence-corrected chi connectivity index (χ2v) is 6.47. The van der Waals surface area contributed by atoms with E-state index in [1.54, 1.807) is 0 Å². The van der Waals surface area contributed by atoms with Gasteiger partial charge in [-0.3, -0.25) is 9.69 Å². The van der Waals surface area contributed by atoms with Crippen LogP contribution >= 0.6 is 0 Å². The number of nitrogens with zero attached hydrogens (tertiary/aromatic N) is 2. The molecule has 0 saturated carbocycles. The minimum absolute atomic E-state index is 0.234. The van der Waals surface area contributed by atoms with Crippen LogP contribution in [0.1, 0.15) is 45.4 Å². The molecule has 3 fully saturated rings. The van der Waals surface area contributed by atoms with E-state index < -0.39 is 5.60 Å². The zero-order chi connectivity index (χ0) is 13.3. The fourth-order valence-corrected chi connectivity index (χ4v) is 3.78. The standard InChI is InChI=1S/C15H26N2O2/c1-15(7-3-5-11-19-15)14(18)17-10-9-16-8-4-2-6-13(16)12-17/h13H,2-12H2,1H3. The first-order chi connectivity index (χ1) is 9.19. The zero-order valence-electron chi connectivity index (χ0n) is 12.1. The summed E-state index contributed by atoms with van der Waals surface area (Å²) in [5.74, 6) is 0.234. The minimum Gasteiger partial charge on any atom is -0.365 e. The molecule has 2 atom stereocenters. The van der Waals surface area contributed by atoms with E-state index in [-0.39, 0.29) is 5.91 Å². The van der Waals surface area contributed by atoms with Crippen molar-refractivity contribution in [3.05, 3.63) is 0 Å². The van der Waals surface area contributed by atoms with Crippen LogP contribution in [0, 0.1) is 0 Å². The topological polar surface area (TPSA) is 32.8 Å². The van der Waals surface area contributed by atoms with Crippen molar-refractivity contribution >= 4 is 5.91 Å². The molecule has 3 saturated heterocycles. The summed E-state index contributed by atoms with van der Waals surface area (Å²) in [5, 5.41) is 0. The molecule has 0 spiro atoms. The summed E-state index contributed by atoms with van der Waals surface area (Å²) in [5.41, 5.74) is -0.547. The van der Waals surface area contributed by atoms with Gasteiger partial charge in [0, 0.05) is 32.3 Å². The summed E-state index contributed by atoms with van der Waals surface area (Å²) >= 11 is 0. The summed E-state index contributed by atoms with van der Waals surface area (Å²) in [7, 11) is 0. The van der Waals surface area contributed by atoms with Crippen molar-refractivity contribution in [3.8, 4) is 0 Å². The second-order valence-electron chi connectivity index (χ2n) is 6.47. The first-order valence-electron chi connectivity index (χ1n) is 7.86. The van der Waals surface area contributed by atoms with Gasteiger partial charge in [0.2, 0.25) is 0 Å². The Morgan fingerprint density at radius 1 is 1.16 bits per heavy atom. The molecular formula is C15H26N2O2. The van der Waals surface area contributed by atoms with E-state index in [1.807, 2.05) is 6.92 Å². The van der Waals surface area contributed by atoms with Crippen molar-refractivity contribution in [1.82, 2.24) is 9.80 Å². The molecule has 0 aromatic carbocycles. The minimum atomic E-state index is -0.547. The Kier molecular flexibility index (Phi) is 3.81. The van der Waals surface area contributed by atoms with E-state index in [1.165, 1.54) is 25.8 Å². The maximum absolute atomic E-state index is 12.7. The Balaban J connectivity index is 1.64. The van der Waals surface area contributed by atoms with E-state index in [4.69, 9.17) is 4.74 Å². The fraction of sp³-hybridized carbons (Fsp3) is 0.933. The molecule has 0 aromatic heterocycles. The number of piperidine rings is 1. The summed E-state index contributed by atoms with van der Waals surface area (Å²) in [4.78, 5) is 17.4. The Bertz CT molecular complexity index is 339. The van der Waals surface area contributed by atoms with Gasteiger partial charge in [-0.15, -0.1) is 0 Å². The van der Waals surface area contributed by atoms with Crippen molar-refractivity contribution in [1.29, 1.82) is 0 Å². The monoisotopic (exact) mass is 266 g/mol. The Labute approximate surface area is 116 Å². The highest BCUT2D eigenvalue weighted by Crippen LogP contribution is 2.29. The predicted octanol–water partition coefficient (Wildman–Crippen LogP) is 1.64. The number of ether oxygens (including phenoxy) is 1. The van der Waals surface area contributed by atoms with Crippen LogP contribution in [0.3, 0.4) is 0 Å². The first-order valence-corrected chi connectivity index (χ1v) is 7.86. The van der Waals surface area contributed by atoms with Gasteiger partial charge in [-0.1, -0.05) is 6.42 Å². The highest BCUT2D eigenvalue weighted by Gasteiger charge is 2.41. The third-order valence-corrected chi connectivity index (χ3v) is 5.05. The number of carbonyl (C=O) groups is 1. The number of amides is 1.